The highest BCUT2D eigenvalue weighted by molar-refractivity contribution is 9.10. The topological polar surface area (TPSA) is 106 Å². The number of esters is 1. The van der Waals surface area contributed by atoms with Gasteiger partial charge in [-0.25, -0.2) is 10.2 Å². The lowest BCUT2D eigenvalue weighted by Gasteiger charge is -2.18. The maximum Gasteiger partial charge on any atom is 0.341 e. The molecule has 2 N–H and O–H groups in total. The molecule has 2 amide bonds. The zero-order chi connectivity index (χ0) is 27.1. The van der Waals surface area contributed by atoms with Crippen LogP contribution in [-0.4, -0.2) is 30.6 Å². The number of ether oxygens (including phenoxy) is 2. The zero-order valence-corrected chi connectivity index (χ0v) is 23.5. The molecule has 3 aromatic rings. The van der Waals surface area contributed by atoms with Crippen molar-refractivity contribution in [3.05, 3.63) is 80.1 Å². The van der Waals surface area contributed by atoms with E-state index < -0.39 is 17.8 Å². The van der Waals surface area contributed by atoms with E-state index in [-0.39, 0.29) is 6.61 Å². The fourth-order valence-electron chi connectivity index (χ4n) is 4.09. The first kappa shape index (κ1) is 27.5. The number of nitrogens with one attached hydrogen (secondary N) is 2. The first-order chi connectivity index (χ1) is 18.4. The van der Waals surface area contributed by atoms with Crippen LogP contribution in [0.2, 0.25) is 0 Å². The number of thiophene rings is 1. The van der Waals surface area contributed by atoms with Crippen LogP contribution in [-0.2, 0) is 33.8 Å². The number of carbonyl (C=O) groups excluding carboxylic acids is 3. The number of halogens is 1. The first-order valence-corrected chi connectivity index (χ1v) is 13.9. The summed E-state index contributed by atoms with van der Waals surface area (Å²) in [5.41, 5.74) is 5.13. The second-order valence-electron chi connectivity index (χ2n) is 8.88. The Morgan fingerprint density at radius 1 is 1.13 bits per heavy atom. The molecule has 1 unspecified atom stereocenters. The molecule has 0 bridgehead atoms. The molecular weight excluding hydrogens is 570 g/mol. The van der Waals surface area contributed by atoms with E-state index in [1.165, 1.54) is 17.6 Å². The minimum absolute atomic E-state index is 0.219. The number of hydrogen-bond donors (Lipinski definition) is 2. The zero-order valence-electron chi connectivity index (χ0n) is 21.1. The molecule has 2 aromatic carbocycles. The molecule has 0 saturated heterocycles. The van der Waals surface area contributed by atoms with E-state index in [1.807, 2.05) is 36.4 Å². The van der Waals surface area contributed by atoms with Crippen LogP contribution in [0.25, 0.3) is 0 Å². The largest absolute Gasteiger partial charge is 0.488 e. The van der Waals surface area contributed by atoms with E-state index >= 15 is 0 Å². The Hall–Kier alpha value is -3.50. The van der Waals surface area contributed by atoms with Crippen LogP contribution in [0, 0.1) is 5.92 Å². The monoisotopic (exact) mass is 597 g/mol. The Morgan fingerprint density at radius 3 is 2.66 bits per heavy atom. The number of fused-ring (bicyclic) bond motifs is 1. The molecule has 0 fully saturated rings. The summed E-state index contributed by atoms with van der Waals surface area (Å²) in [6.45, 7) is 4.46. The van der Waals surface area contributed by atoms with E-state index in [0.717, 1.165) is 39.7 Å². The molecule has 1 aliphatic rings. The third-order valence-corrected chi connectivity index (χ3v) is 7.72. The summed E-state index contributed by atoms with van der Waals surface area (Å²) in [7, 11) is 0. The number of hydrazone groups is 1. The van der Waals surface area contributed by atoms with Crippen LogP contribution >= 0.6 is 27.3 Å². The lowest BCUT2D eigenvalue weighted by molar-refractivity contribution is -0.136. The van der Waals surface area contributed by atoms with Crippen molar-refractivity contribution in [2.24, 2.45) is 11.0 Å². The van der Waals surface area contributed by atoms with E-state index in [9.17, 15) is 14.4 Å². The van der Waals surface area contributed by atoms with Crippen molar-refractivity contribution in [3.8, 4) is 5.75 Å². The fraction of sp³-hybridized carbons (Fsp3) is 0.286. The molecule has 0 radical (unpaired) electrons. The Labute approximate surface area is 233 Å². The van der Waals surface area contributed by atoms with Crippen molar-refractivity contribution in [2.75, 3.05) is 11.9 Å². The Bertz CT molecular complexity index is 1350. The van der Waals surface area contributed by atoms with Gasteiger partial charge in [0.15, 0.2) is 0 Å². The fourth-order valence-corrected chi connectivity index (χ4v) is 5.75. The molecule has 1 aromatic heterocycles. The molecule has 4 rings (SSSR count). The molecule has 38 heavy (non-hydrogen) atoms. The van der Waals surface area contributed by atoms with E-state index in [4.69, 9.17) is 9.47 Å². The van der Waals surface area contributed by atoms with E-state index in [2.05, 4.69) is 38.7 Å². The van der Waals surface area contributed by atoms with Crippen LogP contribution in [0.15, 0.2) is 58.1 Å². The number of carbonyl (C=O) groups is 3. The number of nitrogens with zero attached hydrogens (tertiary/aromatic N) is 1. The highest BCUT2D eigenvalue weighted by Crippen LogP contribution is 2.40. The van der Waals surface area contributed by atoms with Crippen LogP contribution in [0.4, 0.5) is 5.00 Å². The second-order valence-corrected chi connectivity index (χ2v) is 10.9. The number of hydrogen-bond acceptors (Lipinski definition) is 7. The molecule has 10 heteroatoms. The number of amides is 2. The van der Waals surface area contributed by atoms with Gasteiger partial charge in [-0.05, 0) is 67.5 Å². The van der Waals surface area contributed by atoms with Gasteiger partial charge in [0.2, 0.25) is 0 Å². The van der Waals surface area contributed by atoms with Crippen molar-refractivity contribution in [1.29, 1.82) is 0 Å². The standard InChI is InChI=1S/C28H28BrN3O5S/c1-3-36-28(35)24-21-13-8-17(2)14-23(21)38-27(24)31-25(33)26(34)32-30-15-19-6-4-5-7-22(19)37-16-18-9-11-20(29)12-10-18/h4-7,9-12,15,17H,3,8,13-14,16H2,1-2H3,(H,31,33)(H,32,34). The van der Waals surface area contributed by atoms with Gasteiger partial charge in [0.25, 0.3) is 0 Å². The lowest BCUT2D eigenvalue weighted by Crippen LogP contribution is -2.32. The lowest BCUT2D eigenvalue weighted by atomic mass is 9.88. The van der Waals surface area contributed by atoms with Gasteiger partial charge >= 0.3 is 17.8 Å². The highest BCUT2D eigenvalue weighted by Gasteiger charge is 2.30. The quantitative estimate of drug-likeness (QED) is 0.155. The molecule has 0 aliphatic heterocycles. The molecule has 198 valence electrons. The smallest absolute Gasteiger partial charge is 0.341 e. The summed E-state index contributed by atoms with van der Waals surface area (Å²) in [6, 6.07) is 15.0. The summed E-state index contributed by atoms with van der Waals surface area (Å²) < 4.78 is 12.1. The van der Waals surface area contributed by atoms with Crippen molar-refractivity contribution in [3.63, 3.8) is 0 Å². The molecule has 0 spiro atoms. The van der Waals surface area contributed by atoms with Crippen LogP contribution in [0.1, 0.15) is 52.2 Å². The summed E-state index contributed by atoms with van der Waals surface area (Å²) in [5, 5.41) is 6.85. The predicted octanol–water partition coefficient (Wildman–Crippen LogP) is 5.48. The summed E-state index contributed by atoms with van der Waals surface area (Å²) in [6.07, 6.45) is 3.92. The van der Waals surface area contributed by atoms with Crippen LogP contribution < -0.4 is 15.5 Å². The Morgan fingerprint density at radius 2 is 1.89 bits per heavy atom. The summed E-state index contributed by atoms with van der Waals surface area (Å²) in [5.74, 6) is -1.30. The van der Waals surface area contributed by atoms with Crippen molar-refractivity contribution >= 4 is 56.3 Å². The van der Waals surface area contributed by atoms with Gasteiger partial charge < -0.3 is 14.8 Å². The average Bonchev–Trinajstić information content (AvgIpc) is 3.25. The van der Waals surface area contributed by atoms with Gasteiger partial charge in [0.05, 0.1) is 18.4 Å². The molecular formula is C28H28BrN3O5S. The van der Waals surface area contributed by atoms with Crippen molar-refractivity contribution < 1.29 is 23.9 Å². The van der Waals surface area contributed by atoms with E-state index in [0.29, 0.717) is 34.4 Å². The number of para-hydroxylation sites is 1. The summed E-state index contributed by atoms with van der Waals surface area (Å²) in [4.78, 5) is 38.8. The number of anilines is 1. The summed E-state index contributed by atoms with van der Waals surface area (Å²) >= 11 is 4.73. The third-order valence-electron chi connectivity index (χ3n) is 6.02. The minimum atomic E-state index is -0.955. The molecule has 1 heterocycles. The van der Waals surface area contributed by atoms with E-state index in [1.54, 1.807) is 19.1 Å². The van der Waals surface area contributed by atoms with Gasteiger partial charge in [-0.15, -0.1) is 11.3 Å². The number of rotatable bonds is 8. The molecule has 8 nitrogen and oxygen atoms in total. The van der Waals surface area contributed by atoms with Crippen molar-refractivity contribution in [2.45, 2.75) is 39.7 Å². The number of benzene rings is 2. The maximum absolute atomic E-state index is 12.6. The molecule has 1 aliphatic carbocycles. The Balaban J connectivity index is 1.40. The molecule has 0 saturated carbocycles. The predicted molar refractivity (Wildman–Crippen MR) is 151 cm³/mol. The SMILES string of the molecule is CCOC(=O)c1c(NC(=O)C(=O)NN=Cc2ccccc2OCc2ccc(Br)cc2)sc2c1CCC(C)C2. The Kier molecular flexibility index (Phi) is 9.30. The average molecular weight is 599 g/mol. The highest BCUT2D eigenvalue weighted by atomic mass is 79.9. The maximum atomic E-state index is 12.6. The first-order valence-electron chi connectivity index (χ1n) is 12.3. The minimum Gasteiger partial charge on any atom is -0.488 e. The van der Waals surface area contributed by atoms with Crippen LogP contribution in [0.3, 0.4) is 0 Å². The van der Waals surface area contributed by atoms with Gasteiger partial charge in [-0.1, -0.05) is 47.1 Å². The normalized spacial score (nSPS) is 14.6. The third kappa shape index (κ3) is 6.87. The van der Waals surface area contributed by atoms with Gasteiger partial charge in [-0.3, -0.25) is 9.59 Å². The van der Waals surface area contributed by atoms with Crippen molar-refractivity contribution in [1.82, 2.24) is 5.43 Å². The van der Waals surface area contributed by atoms with Crippen LogP contribution in [0.5, 0.6) is 5.75 Å². The second kappa shape index (κ2) is 12.8. The van der Waals surface area contributed by atoms with Gasteiger partial charge in [0, 0.05) is 14.9 Å². The molecule has 1 atom stereocenters. The van der Waals surface area contributed by atoms with Gasteiger partial charge in [0.1, 0.15) is 17.4 Å². The van der Waals surface area contributed by atoms with Gasteiger partial charge in [-0.2, -0.15) is 5.10 Å².